The minimum absolute atomic E-state index is 0.250. The average Bonchev–Trinajstić information content (AvgIpc) is 3.53. The topological polar surface area (TPSA) is 34.3 Å². The van der Waals surface area contributed by atoms with Gasteiger partial charge >= 0.3 is 0 Å². The van der Waals surface area contributed by atoms with Crippen LogP contribution in [0, 0.1) is 58.7 Å². The van der Waals surface area contributed by atoms with Crippen molar-refractivity contribution in [1.29, 1.82) is 0 Å². The third-order valence-electron chi connectivity index (χ3n) is 10.3. The fourth-order valence-electron chi connectivity index (χ4n) is 7.21. The molecule has 7 aliphatic rings. The number of rotatable bonds is 2. The highest BCUT2D eigenvalue weighted by molar-refractivity contribution is 5.14. The van der Waals surface area contributed by atoms with Crippen molar-refractivity contribution in [2.24, 2.45) is 58.7 Å². The van der Waals surface area contributed by atoms with Crippen molar-refractivity contribution < 1.29 is 14.2 Å². The van der Waals surface area contributed by atoms with Crippen LogP contribution in [0.15, 0.2) is 0 Å². The maximum atomic E-state index is 5.83. The predicted octanol–water partition coefficient (Wildman–Crippen LogP) is 7.23. The molecule has 4 aliphatic carbocycles. The van der Waals surface area contributed by atoms with Crippen LogP contribution in [0.3, 0.4) is 0 Å². The van der Waals surface area contributed by atoms with E-state index in [9.17, 15) is 0 Å². The van der Waals surface area contributed by atoms with Gasteiger partial charge in [0, 0.05) is 5.41 Å². The van der Waals surface area contributed by atoms with E-state index in [0.717, 1.165) is 79.4 Å². The number of epoxide rings is 2. The molecule has 7 fully saturated rings. The van der Waals surface area contributed by atoms with Crippen molar-refractivity contribution >= 4 is 0 Å². The molecule has 192 valence electrons. The summed E-state index contributed by atoms with van der Waals surface area (Å²) < 4.78 is 16.1. The van der Waals surface area contributed by atoms with Crippen LogP contribution in [0.4, 0.5) is 0 Å². The van der Waals surface area contributed by atoms with Gasteiger partial charge in [-0.25, -0.2) is 0 Å². The first kappa shape index (κ1) is 26.0. The highest BCUT2D eigenvalue weighted by atomic mass is 16.6. The molecule has 0 aromatic rings. The molecule has 0 aromatic carbocycles. The highest BCUT2D eigenvalue weighted by Gasteiger charge is 2.66. The zero-order valence-corrected chi connectivity index (χ0v) is 23.2. The van der Waals surface area contributed by atoms with E-state index in [0.29, 0.717) is 11.3 Å². The van der Waals surface area contributed by atoms with Gasteiger partial charge in [0.2, 0.25) is 0 Å². The van der Waals surface area contributed by atoms with Crippen LogP contribution in [-0.2, 0) is 14.2 Å². The van der Waals surface area contributed by atoms with Crippen molar-refractivity contribution in [2.75, 3.05) is 19.8 Å². The van der Waals surface area contributed by atoms with Crippen LogP contribution < -0.4 is 0 Å². The molecular weight excluding hydrogens is 408 g/mol. The largest absolute Gasteiger partial charge is 0.380 e. The first-order valence-electron chi connectivity index (χ1n) is 14.3. The monoisotopic (exact) mass is 462 g/mol. The summed E-state index contributed by atoms with van der Waals surface area (Å²) in [5.74, 6) is 8.96. The first-order chi connectivity index (χ1) is 15.4. The summed E-state index contributed by atoms with van der Waals surface area (Å²) in [4.78, 5) is 0. The van der Waals surface area contributed by atoms with Gasteiger partial charge in [0.05, 0.1) is 37.6 Å². The number of fused-ring (bicyclic) bond motifs is 11. The van der Waals surface area contributed by atoms with Crippen LogP contribution >= 0.6 is 0 Å². The van der Waals surface area contributed by atoms with Crippen molar-refractivity contribution in [3.63, 3.8) is 0 Å². The lowest BCUT2D eigenvalue weighted by Gasteiger charge is -2.41. The molecule has 0 spiro atoms. The third-order valence-corrected chi connectivity index (χ3v) is 10.3. The quantitative estimate of drug-likeness (QED) is 0.321. The lowest BCUT2D eigenvalue weighted by molar-refractivity contribution is -0.126. The van der Waals surface area contributed by atoms with Crippen molar-refractivity contribution in [3.05, 3.63) is 0 Å². The first-order valence-corrected chi connectivity index (χ1v) is 14.3. The SMILES string of the molecule is C1CC2CC1C1C3CC4OC4C(C3)C21.CC(C)C.CC(C)C1(C)CO1.CC(C)C1(C)COC1. The smallest absolute Gasteiger partial charge is 0.0911 e. The van der Waals surface area contributed by atoms with Crippen LogP contribution in [0.2, 0.25) is 0 Å². The van der Waals surface area contributed by atoms with E-state index in [2.05, 4.69) is 62.3 Å². The highest BCUT2D eigenvalue weighted by Crippen LogP contribution is 2.68. The Morgan fingerprint density at radius 3 is 1.67 bits per heavy atom. The lowest BCUT2D eigenvalue weighted by atomic mass is 9.76. The van der Waals surface area contributed by atoms with Crippen LogP contribution in [0.1, 0.15) is 94.4 Å². The molecule has 3 saturated heterocycles. The third kappa shape index (κ3) is 5.51. The molecule has 9 atom stereocenters. The Morgan fingerprint density at radius 2 is 1.27 bits per heavy atom. The Balaban J connectivity index is 0.000000118. The van der Waals surface area contributed by atoms with Gasteiger partial charge in [-0.3, -0.25) is 0 Å². The molecule has 9 unspecified atom stereocenters. The van der Waals surface area contributed by atoms with E-state index in [-0.39, 0.29) is 5.60 Å². The average molecular weight is 463 g/mol. The minimum atomic E-state index is 0.250. The van der Waals surface area contributed by atoms with Gasteiger partial charge in [-0.1, -0.05) is 55.4 Å². The Morgan fingerprint density at radius 1 is 0.697 bits per heavy atom. The Kier molecular flexibility index (Phi) is 7.66. The van der Waals surface area contributed by atoms with Crippen LogP contribution in [-0.4, -0.2) is 37.6 Å². The van der Waals surface area contributed by atoms with E-state index >= 15 is 0 Å². The zero-order chi connectivity index (χ0) is 24.1. The Hall–Kier alpha value is -0.120. The van der Waals surface area contributed by atoms with Crippen molar-refractivity contribution in [3.8, 4) is 0 Å². The second-order valence-electron chi connectivity index (χ2n) is 14.3. The molecule has 7 rings (SSSR count). The van der Waals surface area contributed by atoms with Crippen molar-refractivity contribution in [1.82, 2.24) is 0 Å². The molecule has 4 saturated carbocycles. The summed E-state index contributed by atoms with van der Waals surface area (Å²) in [5, 5.41) is 0. The molecule has 4 bridgehead atoms. The zero-order valence-electron chi connectivity index (χ0n) is 23.2. The van der Waals surface area contributed by atoms with Gasteiger partial charge in [0.25, 0.3) is 0 Å². The molecule has 0 amide bonds. The van der Waals surface area contributed by atoms with Gasteiger partial charge in [-0.2, -0.15) is 0 Å². The molecule has 3 aliphatic heterocycles. The fourth-order valence-corrected chi connectivity index (χ4v) is 7.21. The van der Waals surface area contributed by atoms with E-state index in [1.807, 2.05) is 0 Å². The van der Waals surface area contributed by atoms with Gasteiger partial charge in [-0.15, -0.1) is 0 Å². The Labute approximate surface area is 205 Å². The lowest BCUT2D eigenvalue weighted by Crippen LogP contribution is -2.43. The summed E-state index contributed by atoms with van der Waals surface area (Å²) in [6, 6.07) is 0. The number of hydrogen-bond donors (Lipinski definition) is 0. The second kappa shape index (κ2) is 9.74. The Bertz CT molecular complexity index is 644. The van der Waals surface area contributed by atoms with Gasteiger partial charge < -0.3 is 14.2 Å². The second-order valence-corrected chi connectivity index (χ2v) is 14.3. The van der Waals surface area contributed by atoms with Crippen LogP contribution in [0.5, 0.6) is 0 Å². The maximum Gasteiger partial charge on any atom is 0.0911 e. The number of ether oxygens (including phenoxy) is 3. The molecule has 3 nitrogen and oxygen atoms in total. The van der Waals surface area contributed by atoms with Crippen molar-refractivity contribution in [2.45, 2.75) is 112 Å². The summed E-state index contributed by atoms with van der Waals surface area (Å²) in [6.07, 6.45) is 9.18. The van der Waals surface area contributed by atoms with E-state index in [1.54, 1.807) is 25.7 Å². The van der Waals surface area contributed by atoms with Gasteiger partial charge in [-0.05, 0) is 92.3 Å². The molecule has 3 heteroatoms. The summed E-state index contributed by atoms with van der Waals surface area (Å²) in [6.45, 7) is 22.7. The van der Waals surface area contributed by atoms with E-state index < -0.39 is 0 Å². The maximum absolute atomic E-state index is 5.83. The summed E-state index contributed by atoms with van der Waals surface area (Å²) in [7, 11) is 0. The molecule has 0 aromatic heterocycles. The normalized spacial score (nSPS) is 46.2. The fraction of sp³-hybridized carbons (Fsp3) is 1.00. The molecule has 0 N–H and O–H groups in total. The molecule has 0 radical (unpaired) electrons. The standard InChI is InChI=1S/C13H18O.C7H14O.C6H12O.C4H10/c1-2-7-3-6(1)11-8-4-9(12(7)11)13-10(5-8)14-13;1-6(2)7(3)4-8-5-7;1-5(2)6(3)4-7-6;1-4(2)3/h6-13H,1-5H2;6H,4-5H2,1-3H3;5H,4H2,1-3H3;4H,1-3H3. The molecular formula is C30H54O3. The molecule has 33 heavy (non-hydrogen) atoms. The predicted molar refractivity (Wildman–Crippen MR) is 136 cm³/mol. The molecule has 3 heterocycles. The summed E-state index contributed by atoms with van der Waals surface area (Å²) in [5.41, 5.74) is 0.750. The minimum Gasteiger partial charge on any atom is -0.380 e. The van der Waals surface area contributed by atoms with Gasteiger partial charge in [0.15, 0.2) is 0 Å². The van der Waals surface area contributed by atoms with Crippen LogP contribution in [0.25, 0.3) is 0 Å². The van der Waals surface area contributed by atoms with Gasteiger partial charge in [0.1, 0.15) is 0 Å². The summed E-state index contributed by atoms with van der Waals surface area (Å²) >= 11 is 0. The van der Waals surface area contributed by atoms with E-state index in [4.69, 9.17) is 14.2 Å². The van der Waals surface area contributed by atoms with E-state index in [1.165, 1.54) is 6.42 Å². The number of hydrogen-bond acceptors (Lipinski definition) is 3.